The molecule has 0 amide bonds. The van der Waals surface area contributed by atoms with E-state index < -0.39 is 0 Å². The van der Waals surface area contributed by atoms with Gasteiger partial charge in [0.25, 0.3) is 0 Å². The summed E-state index contributed by atoms with van der Waals surface area (Å²) in [7, 11) is 0. The van der Waals surface area contributed by atoms with Crippen LogP contribution in [0.2, 0.25) is 0 Å². The summed E-state index contributed by atoms with van der Waals surface area (Å²) < 4.78 is 8.34. The van der Waals surface area contributed by atoms with E-state index in [1.54, 1.807) is 0 Å². The lowest BCUT2D eigenvalue weighted by Crippen LogP contribution is -2.08. The van der Waals surface area contributed by atoms with Crippen molar-refractivity contribution in [1.29, 1.82) is 0 Å². The summed E-state index contributed by atoms with van der Waals surface area (Å²) in [6.07, 6.45) is 0. The van der Waals surface area contributed by atoms with Crippen molar-refractivity contribution in [3.8, 4) is 5.75 Å². The molecule has 3 aromatic carbocycles. The molecule has 1 aromatic heterocycles. The Morgan fingerprint density at radius 2 is 1.30 bits per heavy atom. The number of para-hydroxylation sites is 3. The second kappa shape index (κ2) is 5.81. The number of hydrogen-bond donors (Lipinski definition) is 0. The number of fused-ring (bicyclic) bond motifs is 3. The van der Waals surface area contributed by atoms with Gasteiger partial charge in [-0.05, 0) is 30.7 Å². The van der Waals surface area contributed by atoms with Gasteiger partial charge in [-0.3, -0.25) is 0 Å². The van der Waals surface area contributed by atoms with Crippen LogP contribution < -0.4 is 4.74 Å². The van der Waals surface area contributed by atoms with Gasteiger partial charge in [0, 0.05) is 21.8 Å². The summed E-state index contributed by atoms with van der Waals surface area (Å²) in [6, 6.07) is 25.3. The minimum absolute atomic E-state index is 0.660. The van der Waals surface area contributed by atoms with Crippen LogP contribution in [0.5, 0.6) is 5.75 Å². The van der Waals surface area contributed by atoms with Gasteiger partial charge in [-0.25, -0.2) is 0 Å². The predicted octanol–water partition coefficient (Wildman–Crippen LogP) is 5.18. The highest BCUT2D eigenvalue weighted by atomic mass is 16.5. The van der Waals surface area contributed by atoms with E-state index in [0.29, 0.717) is 6.61 Å². The van der Waals surface area contributed by atoms with E-state index in [0.717, 1.165) is 12.3 Å². The first kappa shape index (κ1) is 13.9. The number of benzene rings is 3. The minimum Gasteiger partial charge on any atom is -0.491 e. The Labute approximate surface area is 135 Å². The average Bonchev–Trinajstić information content (AvgIpc) is 2.91. The summed E-state index contributed by atoms with van der Waals surface area (Å²) in [5.41, 5.74) is 3.71. The van der Waals surface area contributed by atoms with E-state index in [-0.39, 0.29) is 0 Å². The van der Waals surface area contributed by atoms with Crippen LogP contribution in [-0.4, -0.2) is 11.2 Å². The molecule has 0 aliphatic rings. The van der Waals surface area contributed by atoms with Crippen LogP contribution >= 0.6 is 0 Å². The quantitative estimate of drug-likeness (QED) is 0.506. The van der Waals surface area contributed by atoms with Crippen molar-refractivity contribution in [3.05, 3.63) is 78.4 Å². The normalized spacial score (nSPS) is 11.2. The van der Waals surface area contributed by atoms with Crippen molar-refractivity contribution in [3.63, 3.8) is 0 Å². The fourth-order valence-electron chi connectivity index (χ4n) is 3.21. The molecular formula is C21H19NO. The van der Waals surface area contributed by atoms with E-state index in [1.165, 1.54) is 27.4 Å². The Morgan fingerprint density at radius 3 is 1.96 bits per heavy atom. The topological polar surface area (TPSA) is 14.2 Å². The molecule has 2 nitrogen and oxygen atoms in total. The Morgan fingerprint density at radius 1 is 0.739 bits per heavy atom. The van der Waals surface area contributed by atoms with Crippen LogP contribution in [0.4, 0.5) is 0 Å². The Bertz CT molecular complexity index is 915. The molecule has 0 fully saturated rings. The number of nitrogens with zero attached hydrogens (tertiary/aromatic N) is 1. The van der Waals surface area contributed by atoms with Crippen molar-refractivity contribution in [2.75, 3.05) is 6.61 Å². The van der Waals surface area contributed by atoms with E-state index in [1.807, 2.05) is 18.2 Å². The number of hydrogen-bond acceptors (Lipinski definition) is 1. The molecule has 0 spiro atoms. The summed E-state index contributed by atoms with van der Waals surface area (Å²) in [5.74, 6) is 0.966. The van der Waals surface area contributed by atoms with Crippen LogP contribution in [0.15, 0.2) is 72.8 Å². The number of rotatable bonds is 4. The maximum Gasteiger partial charge on any atom is 0.122 e. The monoisotopic (exact) mass is 301 g/mol. The molecule has 4 rings (SSSR count). The molecule has 1 heterocycles. The summed E-state index contributed by atoms with van der Waals surface area (Å²) in [6.45, 7) is 3.58. The number of aryl methyl sites for hydroxylation is 1. The van der Waals surface area contributed by atoms with Crippen molar-refractivity contribution in [2.45, 2.75) is 13.5 Å². The molecule has 0 saturated heterocycles. The van der Waals surface area contributed by atoms with E-state index in [2.05, 4.69) is 66.1 Å². The van der Waals surface area contributed by atoms with Crippen molar-refractivity contribution in [1.82, 2.24) is 4.57 Å². The number of ether oxygens (including phenoxy) is 1. The van der Waals surface area contributed by atoms with Gasteiger partial charge in [0.1, 0.15) is 12.4 Å². The van der Waals surface area contributed by atoms with Crippen molar-refractivity contribution < 1.29 is 4.74 Å². The molecule has 0 aliphatic carbocycles. The SMILES string of the molecule is Cc1ccccc1OCCn1c2ccccc2c2ccccc21. The van der Waals surface area contributed by atoms with E-state index in [4.69, 9.17) is 4.74 Å². The molecule has 0 aliphatic heterocycles. The largest absolute Gasteiger partial charge is 0.491 e. The lowest BCUT2D eigenvalue weighted by atomic mass is 10.2. The van der Waals surface area contributed by atoms with Crippen molar-refractivity contribution >= 4 is 21.8 Å². The van der Waals surface area contributed by atoms with Crippen LogP contribution in [0, 0.1) is 6.92 Å². The van der Waals surface area contributed by atoms with Crippen LogP contribution in [0.3, 0.4) is 0 Å². The third kappa shape index (κ3) is 2.46. The number of aromatic nitrogens is 1. The molecule has 4 aromatic rings. The molecule has 114 valence electrons. The standard InChI is InChI=1S/C21H19NO/c1-16-8-2-7-13-21(16)23-15-14-22-19-11-5-3-9-17(19)18-10-4-6-12-20(18)22/h2-13H,14-15H2,1H3. The molecule has 0 radical (unpaired) electrons. The van der Waals surface area contributed by atoms with Gasteiger partial charge in [-0.2, -0.15) is 0 Å². The fourth-order valence-corrected chi connectivity index (χ4v) is 3.21. The first-order chi connectivity index (χ1) is 11.3. The second-order valence-corrected chi connectivity index (χ2v) is 5.80. The molecule has 0 saturated carbocycles. The van der Waals surface area contributed by atoms with E-state index >= 15 is 0 Å². The van der Waals surface area contributed by atoms with Gasteiger partial charge in [0.15, 0.2) is 0 Å². The predicted molar refractivity (Wildman–Crippen MR) is 96.1 cm³/mol. The third-order valence-corrected chi connectivity index (χ3v) is 4.35. The highest BCUT2D eigenvalue weighted by Crippen LogP contribution is 2.28. The van der Waals surface area contributed by atoms with Gasteiger partial charge >= 0.3 is 0 Å². The molecular weight excluding hydrogens is 282 g/mol. The Balaban J connectivity index is 1.67. The van der Waals surface area contributed by atoms with Crippen LogP contribution in [-0.2, 0) is 6.54 Å². The van der Waals surface area contributed by atoms with Gasteiger partial charge in [0.05, 0.1) is 6.54 Å². The summed E-state index contributed by atoms with van der Waals surface area (Å²) in [5, 5.41) is 2.61. The molecule has 0 bridgehead atoms. The fraction of sp³-hybridized carbons (Fsp3) is 0.143. The smallest absolute Gasteiger partial charge is 0.122 e. The Kier molecular flexibility index (Phi) is 3.51. The van der Waals surface area contributed by atoms with Crippen molar-refractivity contribution in [2.24, 2.45) is 0 Å². The highest BCUT2D eigenvalue weighted by Gasteiger charge is 2.09. The lowest BCUT2D eigenvalue weighted by molar-refractivity contribution is 0.300. The van der Waals surface area contributed by atoms with Gasteiger partial charge < -0.3 is 9.30 Å². The van der Waals surface area contributed by atoms with Crippen LogP contribution in [0.1, 0.15) is 5.56 Å². The van der Waals surface area contributed by atoms with Gasteiger partial charge in [-0.15, -0.1) is 0 Å². The first-order valence-electron chi connectivity index (χ1n) is 7.99. The lowest BCUT2D eigenvalue weighted by Gasteiger charge is -2.11. The molecule has 0 N–H and O–H groups in total. The van der Waals surface area contributed by atoms with Crippen LogP contribution in [0.25, 0.3) is 21.8 Å². The second-order valence-electron chi connectivity index (χ2n) is 5.80. The molecule has 0 unspecified atom stereocenters. The minimum atomic E-state index is 0.660. The highest BCUT2D eigenvalue weighted by molar-refractivity contribution is 6.07. The maximum absolute atomic E-state index is 5.99. The average molecular weight is 301 g/mol. The molecule has 23 heavy (non-hydrogen) atoms. The summed E-state index contributed by atoms with van der Waals surface area (Å²) >= 11 is 0. The third-order valence-electron chi connectivity index (χ3n) is 4.35. The maximum atomic E-state index is 5.99. The van der Waals surface area contributed by atoms with E-state index in [9.17, 15) is 0 Å². The molecule has 0 atom stereocenters. The zero-order valence-electron chi connectivity index (χ0n) is 13.2. The van der Waals surface area contributed by atoms with Gasteiger partial charge in [-0.1, -0.05) is 54.6 Å². The first-order valence-corrected chi connectivity index (χ1v) is 7.99. The molecule has 2 heteroatoms. The Hall–Kier alpha value is -2.74. The zero-order chi connectivity index (χ0) is 15.6. The summed E-state index contributed by atoms with van der Waals surface area (Å²) in [4.78, 5) is 0. The zero-order valence-corrected chi connectivity index (χ0v) is 13.2. The van der Waals surface area contributed by atoms with Gasteiger partial charge in [0.2, 0.25) is 0 Å².